The lowest BCUT2D eigenvalue weighted by atomic mass is 9.98. The van der Waals surface area contributed by atoms with Crippen LogP contribution in [0.25, 0.3) is 0 Å². The highest BCUT2D eigenvalue weighted by molar-refractivity contribution is 5.41. The van der Waals surface area contributed by atoms with Crippen molar-refractivity contribution in [3.63, 3.8) is 0 Å². The number of ether oxygens (including phenoxy) is 2. The molecule has 1 aliphatic carbocycles. The van der Waals surface area contributed by atoms with Gasteiger partial charge < -0.3 is 19.9 Å². The maximum atomic E-state index is 9.70. The number of aromatic hydroxyl groups is 1. The summed E-state index contributed by atoms with van der Waals surface area (Å²) in [6.45, 7) is 2.52. The number of phenolic OH excluding ortho intramolecular Hbond substituents is 1. The Hall–Kier alpha value is -1.26. The third-order valence-electron chi connectivity index (χ3n) is 3.98. The lowest BCUT2D eigenvalue weighted by Crippen LogP contribution is -2.20. The van der Waals surface area contributed by atoms with E-state index in [1.807, 2.05) is 6.07 Å². The summed E-state index contributed by atoms with van der Waals surface area (Å²) in [5, 5.41) is 13.1. The van der Waals surface area contributed by atoms with Crippen molar-refractivity contribution in [1.29, 1.82) is 0 Å². The van der Waals surface area contributed by atoms with Crippen LogP contribution >= 0.6 is 0 Å². The van der Waals surface area contributed by atoms with Gasteiger partial charge in [-0.05, 0) is 43.5 Å². The molecule has 0 amide bonds. The van der Waals surface area contributed by atoms with E-state index in [4.69, 9.17) is 9.47 Å². The average Bonchev–Trinajstić information content (AvgIpc) is 2.52. The first kappa shape index (κ1) is 16.1. The number of nitrogens with one attached hydrogen (secondary N) is 1. The summed E-state index contributed by atoms with van der Waals surface area (Å²) in [6, 6.07) is 5.49. The van der Waals surface area contributed by atoms with Gasteiger partial charge >= 0.3 is 0 Å². The Balaban J connectivity index is 1.56. The van der Waals surface area contributed by atoms with E-state index in [1.54, 1.807) is 19.2 Å². The van der Waals surface area contributed by atoms with Crippen LogP contribution in [0.3, 0.4) is 0 Å². The molecule has 1 saturated carbocycles. The van der Waals surface area contributed by atoms with Gasteiger partial charge in [-0.2, -0.15) is 0 Å². The van der Waals surface area contributed by atoms with Gasteiger partial charge in [-0.1, -0.05) is 25.3 Å². The second-order valence-corrected chi connectivity index (χ2v) is 5.67. The predicted octanol–water partition coefficient (Wildman–Crippen LogP) is 3.23. The standard InChI is InChI=1S/C17H27NO3/c1-20-17-9-8-14(12-16(17)19)13-18-10-5-11-21-15-6-3-2-4-7-15/h8-9,12,15,18-19H,2-7,10-11,13H2,1H3. The highest BCUT2D eigenvalue weighted by Crippen LogP contribution is 2.26. The molecule has 0 saturated heterocycles. The van der Waals surface area contributed by atoms with Gasteiger partial charge in [0, 0.05) is 13.2 Å². The molecule has 0 spiro atoms. The van der Waals surface area contributed by atoms with Gasteiger partial charge in [-0.3, -0.25) is 0 Å². The zero-order valence-corrected chi connectivity index (χ0v) is 12.9. The van der Waals surface area contributed by atoms with Gasteiger partial charge in [-0.25, -0.2) is 0 Å². The van der Waals surface area contributed by atoms with Crippen molar-refractivity contribution in [3.8, 4) is 11.5 Å². The van der Waals surface area contributed by atoms with E-state index >= 15 is 0 Å². The molecule has 2 N–H and O–H groups in total. The second-order valence-electron chi connectivity index (χ2n) is 5.67. The monoisotopic (exact) mass is 293 g/mol. The molecule has 4 nitrogen and oxygen atoms in total. The first-order valence-electron chi connectivity index (χ1n) is 7.98. The van der Waals surface area contributed by atoms with E-state index in [-0.39, 0.29) is 5.75 Å². The van der Waals surface area contributed by atoms with E-state index in [9.17, 15) is 5.11 Å². The lowest BCUT2D eigenvalue weighted by Gasteiger charge is -2.21. The van der Waals surface area contributed by atoms with Crippen molar-refractivity contribution in [2.24, 2.45) is 0 Å². The zero-order valence-electron chi connectivity index (χ0n) is 12.9. The molecule has 0 aromatic heterocycles. The van der Waals surface area contributed by atoms with Crippen LogP contribution in [0, 0.1) is 0 Å². The van der Waals surface area contributed by atoms with Crippen LogP contribution in [-0.4, -0.2) is 31.5 Å². The van der Waals surface area contributed by atoms with Crippen molar-refractivity contribution in [2.75, 3.05) is 20.3 Å². The Morgan fingerprint density at radius 3 is 2.76 bits per heavy atom. The quantitative estimate of drug-likeness (QED) is 0.723. The largest absolute Gasteiger partial charge is 0.504 e. The van der Waals surface area contributed by atoms with Crippen molar-refractivity contribution in [3.05, 3.63) is 23.8 Å². The molecule has 0 atom stereocenters. The number of hydrogen-bond acceptors (Lipinski definition) is 4. The Bertz CT molecular complexity index is 416. The van der Waals surface area contributed by atoms with Crippen LogP contribution in [-0.2, 0) is 11.3 Å². The first-order chi connectivity index (χ1) is 10.3. The smallest absolute Gasteiger partial charge is 0.160 e. The Morgan fingerprint density at radius 2 is 2.05 bits per heavy atom. The van der Waals surface area contributed by atoms with Crippen LogP contribution in [0.2, 0.25) is 0 Å². The van der Waals surface area contributed by atoms with Gasteiger partial charge in [0.1, 0.15) is 0 Å². The van der Waals surface area contributed by atoms with E-state index in [2.05, 4.69) is 5.32 Å². The van der Waals surface area contributed by atoms with E-state index in [0.717, 1.165) is 31.7 Å². The molecule has 118 valence electrons. The lowest BCUT2D eigenvalue weighted by molar-refractivity contribution is 0.0273. The second kappa shape index (κ2) is 8.90. The Morgan fingerprint density at radius 1 is 1.24 bits per heavy atom. The molecule has 1 aromatic rings. The fraction of sp³-hybridized carbons (Fsp3) is 0.647. The third-order valence-corrected chi connectivity index (χ3v) is 3.98. The van der Waals surface area contributed by atoms with Crippen LogP contribution in [0.15, 0.2) is 18.2 Å². The molecule has 0 unspecified atom stereocenters. The molecular formula is C17H27NO3. The first-order valence-corrected chi connectivity index (χ1v) is 7.98. The predicted molar refractivity (Wildman–Crippen MR) is 83.8 cm³/mol. The highest BCUT2D eigenvalue weighted by atomic mass is 16.5. The van der Waals surface area contributed by atoms with Crippen molar-refractivity contribution in [1.82, 2.24) is 5.32 Å². The maximum absolute atomic E-state index is 9.70. The van der Waals surface area contributed by atoms with Crippen molar-refractivity contribution < 1.29 is 14.6 Å². The van der Waals surface area contributed by atoms with Gasteiger partial charge in [0.15, 0.2) is 11.5 Å². The summed E-state index contributed by atoms with van der Waals surface area (Å²) in [6.07, 6.45) is 8.01. The van der Waals surface area contributed by atoms with Crippen molar-refractivity contribution >= 4 is 0 Å². The summed E-state index contributed by atoms with van der Waals surface area (Å²) in [4.78, 5) is 0. The van der Waals surface area contributed by atoms with E-state index in [0.29, 0.717) is 11.9 Å². The molecule has 1 aromatic carbocycles. The minimum absolute atomic E-state index is 0.192. The summed E-state index contributed by atoms with van der Waals surface area (Å²) in [5.41, 5.74) is 1.06. The van der Waals surface area contributed by atoms with Crippen LogP contribution in [0.4, 0.5) is 0 Å². The normalized spacial score (nSPS) is 16.0. The van der Waals surface area contributed by atoms with E-state index in [1.165, 1.54) is 32.1 Å². The summed E-state index contributed by atoms with van der Waals surface area (Å²) >= 11 is 0. The number of rotatable bonds is 8. The molecular weight excluding hydrogens is 266 g/mol. The fourth-order valence-electron chi connectivity index (χ4n) is 2.76. The molecule has 21 heavy (non-hydrogen) atoms. The summed E-state index contributed by atoms with van der Waals surface area (Å²) < 4.78 is 10.9. The number of methoxy groups -OCH3 is 1. The summed E-state index contributed by atoms with van der Waals surface area (Å²) in [7, 11) is 1.55. The SMILES string of the molecule is COc1ccc(CNCCCOC2CCCCC2)cc1O. The van der Waals surface area contributed by atoms with Gasteiger partial charge in [0.2, 0.25) is 0 Å². The molecule has 0 aliphatic heterocycles. The number of hydrogen-bond donors (Lipinski definition) is 2. The maximum Gasteiger partial charge on any atom is 0.160 e. The fourth-order valence-corrected chi connectivity index (χ4v) is 2.76. The van der Waals surface area contributed by atoms with Crippen molar-refractivity contribution in [2.45, 2.75) is 51.2 Å². The zero-order chi connectivity index (χ0) is 14.9. The average molecular weight is 293 g/mol. The molecule has 0 radical (unpaired) electrons. The highest BCUT2D eigenvalue weighted by Gasteiger charge is 2.12. The number of benzene rings is 1. The number of phenols is 1. The van der Waals surface area contributed by atoms with Crippen LogP contribution in [0.5, 0.6) is 11.5 Å². The third kappa shape index (κ3) is 5.56. The van der Waals surface area contributed by atoms with Crippen LogP contribution < -0.4 is 10.1 Å². The topological polar surface area (TPSA) is 50.7 Å². The molecule has 1 aliphatic rings. The molecule has 0 heterocycles. The van der Waals surface area contributed by atoms with Gasteiger partial charge in [-0.15, -0.1) is 0 Å². The minimum atomic E-state index is 0.192. The van der Waals surface area contributed by atoms with Crippen LogP contribution in [0.1, 0.15) is 44.1 Å². The summed E-state index contributed by atoms with van der Waals surface area (Å²) in [5.74, 6) is 0.706. The molecule has 0 bridgehead atoms. The Kier molecular flexibility index (Phi) is 6.83. The molecule has 2 rings (SSSR count). The molecule has 1 fully saturated rings. The van der Waals surface area contributed by atoms with Gasteiger partial charge in [0.05, 0.1) is 13.2 Å². The Labute approximate surface area is 127 Å². The molecule has 4 heteroatoms. The van der Waals surface area contributed by atoms with E-state index < -0.39 is 0 Å². The minimum Gasteiger partial charge on any atom is -0.504 e. The van der Waals surface area contributed by atoms with Gasteiger partial charge in [0.25, 0.3) is 0 Å².